The van der Waals surface area contributed by atoms with Gasteiger partial charge in [-0.15, -0.1) is 0 Å². The number of carboxylic acids is 1. The van der Waals surface area contributed by atoms with E-state index in [1.165, 1.54) is 12.8 Å². The molecule has 0 amide bonds. The summed E-state index contributed by atoms with van der Waals surface area (Å²) in [6, 6.07) is 0. The lowest BCUT2D eigenvalue weighted by atomic mass is 9.88. The van der Waals surface area contributed by atoms with E-state index in [4.69, 9.17) is 5.11 Å². The first kappa shape index (κ1) is 18.2. The van der Waals surface area contributed by atoms with Gasteiger partial charge in [-0.3, -0.25) is 4.79 Å². The molecule has 0 aromatic carbocycles. The maximum atomic E-state index is 10.9. The SMILES string of the molecule is CCCCCC(C)C(O)CCC1=CCC(O)C1CC(=O)O. The van der Waals surface area contributed by atoms with E-state index in [1.807, 2.05) is 6.08 Å². The molecular weight excluding hydrogens is 268 g/mol. The number of rotatable bonds is 10. The largest absolute Gasteiger partial charge is 0.481 e. The normalized spacial score (nSPS) is 24.7. The molecule has 1 aliphatic carbocycles. The second kappa shape index (κ2) is 9.21. The summed E-state index contributed by atoms with van der Waals surface area (Å²) in [6.45, 7) is 4.24. The van der Waals surface area contributed by atoms with Crippen molar-refractivity contribution in [2.24, 2.45) is 11.8 Å². The lowest BCUT2D eigenvalue weighted by molar-refractivity contribution is -0.138. The number of aliphatic hydroxyl groups excluding tert-OH is 2. The minimum atomic E-state index is -0.875. The summed E-state index contributed by atoms with van der Waals surface area (Å²) in [6.07, 6.45) is 7.47. The van der Waals surface area contributed by atoms with Gasteiger partial charge in [0.25, 0.3) is 0 Å². The van der Waals surface area contributed by atoms with Crippen LogP contribution < -0.4 is 0 Å². The van der Waals surface area contributed by atoms with Gasteiger partial charge in [0.2, 0.25) is 0 Å². The molecule has 4 atom stereocenters. The summed E-state index contributed by atoms with van der Waals surface area (Å²) >= 11 is 0. The van der Waals surface area contributed by atoms with Gasteiger partial charge in [0.05, 0.1) is 18.6 Å². The highest BCUT2D eigenvalue weighted by Gasteiger charge is 2.30. The predicted octanol–water partition coefficient (Wildman–Crippen LogP) is 3.13. The van der Waals surface area contributed by atoms with E-state index in [1.54, 1.807) is 0 Å². The number of hydrogen-bond acceptors (Lipinski definition) is 3. The van der Waals surface area contributed by atoms with Gasteiger partial charge in [0.15, 0.2) is 0 Å². The molecule has 0 aromatic rings. The van der Waals surface area contributed by atoms with E-state index in [-0.39, 0.29) is 24.4 Å². The molecule has 4 nitrogen and oxygen atoms in total. The molecule has 0 heterocycles. The molecule has 122 valence electrons. The monoisotopic (exact) mass is 298 g/mol. The zero-order chi connectivity index (χ0) is 15.8. The quantitative estimate of drug-likeness (QED) is 0.428. The van der Waals surface area contributed by atoms with Gasteiger partial charge < -0.3 is 15.3 Å². The minimum absolute atomic E-state index is 0.0187. The first-order valence-electron chi connectivity index (χ1n) is 8.22. The molecule has 4 unspecified atom stereocenters. The van der Waals surface area contributed by atoms with Crippen LogP contribution >= 0.6 is 0 Å². The van der Waals surface area contributed by atoms with Crippen LogP contribution in [0.25, 0.3) is 0 Å². The third-order valence-electron chi connectivity index (χ3n) is 4.61. The number of unbranched alkanes of at least 4 members (excludes halogenated alkanes) is 2. The standard InChI is InChI=1S/C17H30O4/c1-3-4-5-6-12(2)15(18)9-7-13-8-10-16(19)14(13)11-17(20)21/h8,12,14-16,18-19H,3-7,9-11H2,1-2H3,(H,20,21). The van der Waals surface area contributed by atoms with Crippen molar-refractivity contribution in [1.82, 2.24) is 0 Å². The average Bonchev–Trinajstić information content (AvgIpc) is 2.77. The summed E-state index contributed by atoms with van der Waals surface area (Å²) in [5.74, 6) is -0.869. The Morgan fingerprint density at radius 3 is 2.71 bits per heavy atom. The Hall–Kier alpha value is -0.870. The summed E-state index contributed by atoms with van der Waals surface area (Å²) in [4.78, 5) is 10.9. The fraction of sp³-hybridized carbons (Fsp3) is 0.824. The Morgan fingerprint density at radius 2 is 2.10 bits per heavy atom. The number of carboxylic acid groups (broad SMARTS) is 1. The molecule has 0 fully saturated rings. The molecule has 4 heteroatoms. The van der Waals surface area contributed by atoms with Crippen molar-refractivity contribution >= 4 is 5.97 Å². The fourth-order valence-corrected chi connectivity index (χ4v) is 3.09. The van der Waals surface area contributed by atoms with Crippen molar-refractivity contribution in [3.63, 3.8) is 0 Å². The predicted molar refractivity (Wildman–Crippen MR) is 83.0 cm³/mol. The summed E-state index contributed by atoms with van der Waals surface area (Å²) in [5, 5.41) is 29.0. The van der Waals surface area contributed by atoms with Gasteiger partial charge in [0, 0.05) is 5.92 Å². The van der Waals surface area contributed by atoms with Crippen LogP contribution in [0.2, 0.25) is 0 Å². The van der Waals surface area contributed by atoms with Crippen LogP contribution in [0.1, 0.15) is 65.2 Å². The number of carbonyl (C=O) groups is 1. The maximum absolute atomic E-state index is 10.9. The number of aliphatic hydroxyl groups is 2. The smallest absolute Gasteiger partial charge is 0.304 e. The molecular formula is C17H30O4. The molecule has 0 aliphatic heterocycles. The summed E-state index contributed by atoms with van der Waals surface area (Å²) in [5.41, 5.74) is 1.00. The molecule has 0 spiro atoms. The Labute approximate surface area is 127 Å². The van der Waals surface area contributed by atoms with Crippen LogP contribution in [0.5, 0.6) is 0 Å². The van der Waals surface area contributed by atoms with Crippen LogP contribution in [-0.4, -0.2) is 33.5 Å². The van der Waals surface area contributed by atoms with Crippen LogP contribution in [-0.2, 0) is 4.79 Å². The Kier molecular flexibility index (Phi) is 7.97. The average molecular weight is 298 g/mol. The van der Waals surface area contributed by atoms with Crippen molar-refractivity contribution in [2.45, 2.75) is 77.4 Å². The third-order valence-corrected chi connectivity index (χ3v) is 4.61. The van der Waals surface area contributed by atoms with Gasteiger partial charge in [0.1, 0.15) is 0 Å². The highest BCUT2D eigenvalue weighted by molar-refractivity contribution is 5.67. The molecule has 0 saturated carbocycles. The molecule has 1 rings (SSSR count). The molecule has 1 aliphatic rings. The summed E-state index contributed by atoms with van der Waals surface area (Å²) in [7, 11) is 0. The Bertz CT molecular complexity index is 351. The number of hydrogen-bond donors (Lipinski definition) is 3. The van der Waals surface area contributed by atoms with Crippen molar-refractivity contribution in [3.8, 4) is 0 Å². The molecule has 0 radical (unpaired) electrons. The van der Waals surface area contributed by atoms with E-state index in [9.17, 15) is 15.0 Å². The zero-order valence-corrected chi connectivity index (χ0v) is 13.3. The highest BCUT2D eigenvalue weighted by atomic mass is 16.4. The van der Waals surface area contributed by atoms with Crippen LogP contribution in [0, 0.1) is 11.8 Å². The van der Waals surface area contributed by atoms with Gasteiger partial charge in [-0.2, -0.15) is 0 Å². The molecule has 3 N–H and O–H groups in total. The Morgan fingerprint density at radius 1 is 1.38 bits per heavy atom. The zero-order valence-electron chi connectivity index (χ0n) is 13.3. The first-order valence-corrected chi connectivity index (χ1v) is 8.22. The summed E-state index contributed by atoms with van der Waals surface area (Å²) < 4.78 is 0. The fourth-order valence-electron chi connectivity index (χ4n) is 3.09. The molecule has 0 bridgehead atoms. The second-order valence-corrected chi connectivity index (χ2v) is 6.37. The van der Waals surface area contributed by atoms with Crippen LogP contribution in [0.4, 0.5) is 0 Å². The molecule has 21 heavy (non-hydrogen) atoms. The van der Waals surface area contributed by atoms with Crippen LogP contribution in [0.15, 0.2) is 11.6 Å². The minimum Gasteiger partial charge on any atom is -0.481 e. The Balaban J connectivity index is 2.37. The van der Waals surface area contributed by atoms with Crippen molar-refractivity contribution in [2.75, 3.05) is 0 Å². The second-order valence-electron chi connectivity index (χ2n) is 6.37. The number of aliphatic carboxylic acids is 1. The van der Waals surface area contributed by atoms with Gasteiger partial charge in [-0.05, 0) is 31.6 Å². The highest BCUT2D eigenvalue weighted by Crippen LogP contribution is 2.33. The van der Waals surface area contributed by atoms with Gasteiger partial charge >= 0.3 is 5.97 Å². The van der Waals surface area contributed by atoms with E-state index < -0.39 is 12.1 Å². The van der Waals surface area contributed by atoms with E-state index >= 15 is 0 Å². The van der Waals surface area contributed by atoms with E-state index in [2.05, 4.69) is 13.8 Å². The van der Waals surface area contributed by atoms with E-state index in [0.29, 0.717) is 19.3 Å². The van der Waals surface area contributed by atoms with Crippen molar-refractivity contribution in [3.05, 3.63) is 11.6 Å². The molecule has 0 aromatic heterocycles. The van der Waals surface area contributed by atoms with E-state index in [0.717, 1.165) is 18.4 Å². The maximum Gasteiger partial charge on any atom is 0.304 e. The van der Waals surface area contributed by atoms with Crippen molar-refractivity contribution in [1.29, 1.82) is 0 Å². The molecule has 0 saturated heterocycles. The lowest BCUT2D eigenvalue weighted by Gasteiger charge is -2.21. The van der Waals surface area contributed by atoms with Crippen molar-refractivity contribution < 1.29 is 20.1 Å². The lowest BCUT2D eigenvalue weighted by Crippen LogP contribution is -2.22. The van der Waals surface area contributed by atoms with Gasteiger partial charge in [-0.1, -0.05) is 44.8 Å². The first-order chi connectivity index (χ1) is 9.95. The third kappa shape index (κ3) is 6.18. The van der Waals surface area contributed by atoms with Crippen LogP contribution in [0.3, 0.4) is 0 Å². The van der Waals surface area contributed by atoms with Gasteiger partial charge in [-0.25, -0.2) is 0 Å². The topological polar surface area (TPSA) is 77.8 Å².